The van der Waals surface area contributed by atoms with Crippen LogP contribution in [0.25, 0.3) is 0 Å². The molecule has 4 nitrogen and oxygen atoms in total. The third kappa shape index (κ3) is 4.16. The van der Waals surface area contributed by atoms with Gasteiger partial charge in [0.25, 0.3) is 5.91 Å². The fourth-order valence-corrected chi connectivity index (χ4v) is 1.96. The molecule has 2 aromatic rings. The Morgan fingerprint density at radius 1 is 1.29 bits per heavy atom. The van der Waals surface area contributed by atoms with E-state index in [0.29, 0.717) is 5.02 Å². The molecule has 1 heterocycles. The highest BCUT2D eigenvalue weighted by molar-refractivity contribution is 6.30. The van der Waals surface area contributed by atoms with E-state index >= 15 is 0 Å². The quantitative estimate of drug-likeness (QED) is 0.881. The van der Waals surface area contributed by atoms with Gasteiger partial charge in [0.05, 0.1) is 5.69 Å². The van der Waals surface area contributed by atoms with Crippen molar-refractivity contribution in [3.63, 3.8) is 0 Å². The summed E-state index contributed by atoms with van der Waals surface area (Å²) in [6.45, 7) is 0.107. The molecular formula is C15H16ClFN3O+. The van der Waals surface area contributed by atoms with E-state index in [1.54, 1.807) is 17.0 Å². The maximum absolute atomic E-state index is 13.6. The average molecular weight is 309 g/mol. The number of halogens is 2. The number of carbonyl (C=O) groups excluding carboxylic acids is 1. The fraction of sp³-hybridized carbons (Fsp3) is 0.200. The summed E-state index contributed by atoms with van der Waals surface area (Å²) >= 11 is 5.66. The number of nitrogens with zero attached hydrogens (tertiary/aromatic N) is 2. The van der Waals surface area contributed by atoms with Crippen LogP contribution in [0.2, 0.25) is 5.02 Å². The van der Waals surface area contributed by atoms with Crippen molar-refractivity contribution in [3.05, 3.63) is 53.6 Å². The number of anilines is 2. The number of aromatic nitrogens is 1. The first-order chi connectivity index (χ1) is 9.95. The summed E-state index contributed by atoms with van der Waals surface area (Å²) in [6, 6.07) is 7.93. The number of benzene rings is 1. The lowest BCUT2D eigenvalue weighted by molar-refractivity contribution is -0.684. The van der Waals surface area contributed by atoms with E-state index in [4.69, 9.17) is 11.6 Å². The molecule has 0 spiro atoms. The molecule has 21 heavy (non-hydrogen) atoms. The van der Waals surface area contributed by atoms with Crippen molar-refractivity contribution in [3.8, 4) is 0 Å². The Balaban J connectivity index is 2.01. The minimum Gasteiger partial charge on any atom is -0.377 e. The first-order valence-corrected chi connectivity index (χ1v) is 6.75. The predicted octanol–water partition coefficient (Wildman–Crippen LogP) is 2.47. The zero-order valence-corrected chi connectivity index (χ0v) is 12.6. The van der Waals surface area contributed by atoms with E-state index in [0.717, 1.165) is 11.8 Å². The number of rotatable bonds is 4. The molecule has 1 aromatic heterocycles. The number of hydrogen-bond acceptors (Lipinski definition) is 2. The van der Waals surface area contributed by atoms with Gasteiger partial charge < -0.3 is 10.2 Å². The summed E-state index contributed by atoms with van der Waals surface area (Å²) in [6.07, 6.45) is 3.60. The topological polar surface area (TPSA) is 36.2 Å². The Labute approximate surface area is 127 Å². The van der Waals surface area contributed by atoms with E-state index in [1.165, 1.54) is 12.1 Å². The molecule has 0 unspecified atom stereocenters. The van der Waals surface area contributed by atoms with Crippen LogP contribution in [0.1, 0.15) is 0 Å². The summed E-state index contributed by atoms with van der Waals surface area (Å²) < 4.78 is 15.3. The second-order valence-electron chi connectivity index (χ2n) is 4.80. The third-order valence-electron chi connectivity index (χ3n) is 2.92. The van der Waals surface area contributed by atoms with Crippen LogP contribution < -0.4 is 14.8 Å². The minimum absolute atomic E-state index is 0.107. The summed E-state index contributed by atoms with van der Waals surface area (Å²) in [5, 5.41) is 2.81. The van der Waals surface area contributed by atoms with Gasteiger partial charge in [-0.05, 0) is 18.2 Å². The lowest BCUT2D eigenvalue weighted by Crippen LogP contribution is -2.39. The molecule has 6 heteroatoms. The Morgan fingerprint density at radius 2 is 1.95 bits per heavy atom. The van der Waals surface area contributed by atoms with Crippen LogP contribution in [0, 0.1) is 5.82 Å². The lowest BCUT2D eigenvalue weighted by Gasteiger charge is -2.10. The second kappa shape index (κ2) is 6.54. The zero-order valence-electron chi connectivity index (χ0n) is 11.8. The third-order valence-corrected chi connectivity index (χ3v) is 3.16. The van der Waals surface area contributed by atoms with Gasteiger partial charge in [-0.15, -0.1) is 0 Å². The molecule has 2 rings (SSSR count). The van der Waals surface area contributed by atoms with Crippen LogP contribution >= 0.6 is 11.6 Å². The monoisotopic (exact) mass is 308 g/mol. The first-order valence-electron chi connectivity index (χ1n) is 6.37. The molecule has 1 N–H and O–H groups in total. The largest absolute Gasteiger partial charge is 0.377 e. The van der Waals surface area contributed by atoms with Gasteiger partial charge in [-0.1, -0.05) is 11.6 Å². The van der Waals surface area contributed by atoms with E-state index in [2.05, 4.69) is 5.32 Å². The van der Waals surface area contributed by atoms with Crippen molar-refractivity contribution in [2.45, 2.75) is 6.54 Å². The van der Waals surface area contributed by atoms with Crippen LogP contribution in [0.4, 0.5) is 15.8 Å². The summed E-state index contributed by atoms with van der Waals surface area (Å²) in [7, 11) is 3.88. The summed E-state index contributed by atoms with van der Waals surface area (Å²) in [5.74, 6) is -0.859. The van der Waals surface area contributed by atoms with Crippen LogP contribution in [-0.4, -0.2) is 20.0 Å². The van der Waals surface area contributed by atoms with Gasteiger partial charge in [0.1, 0.15) is 5.82 Å². The Morgan fingerprint density at radius 3 is 2.52 bits per heavy atom. The Hall–Kier alpha value is -2.14. The minimum atomic E-state index is -0.552. The second-order valence-corrected chi connectivity index (χ2v) is 5.23. The highest BCUT2D eigenvalue weighted by atomic mass is 35.5. The van der Waals surface area contributed by atoms with Crippen molar-refractivity contribution in [2.24, 2.45) is 0 Å². The average Bonchev–Trinajstić information content (AvgIpc) is 2.42. The van der Waals surface area contributed by atoms with Crippen LogP contribution in [0.15, 0.2) is 42.7 Å². The van der Waals surface area contributed by atoms with E-state index in [1.807, 2.05) is 31.1 Å². The maximum Gasteiger partial charge on any atom is 0.290 e. The number of nitrogens with one attached hydrogen (secondary N) is 1. The zero-order chi connectivity index (χ0) is 15.4. The Kier molecular flexibility index (Phi) is 4.75. The van der Waals surface area contributed by atoms with Crippen molar-refractivity contribution in [2.75, 3.05) is 24.3 Å². The fourth-order valence-electron chi connectivity index (χ4n) is 1.80. The molecule has 0 saturated heterocycles. The van der Waals surface area contributed by atoms with Crippen LogP contribution in [-0.2, 0) is 11.3 Å². The number of amides is 1. The molecular weight excluding hydrogens is 293 g/mol. The Bertz CT molecular complexity index is 644. The SMILES string of the molecule is CN(C)c1cc[n+](CC(=O)Nc2ccc(Cl)cc2F)cc1. The van der Waals surface area contributed by atoms with E-state index in [9.17, 15) is 9.18 Å². The van der Waals surface area contributed by atoms with Gasteiger partial charge in [0.15, 0.2) is 12.4 Å². The molecule has 1 aromatic carbocycles. The number of hydrogen-bond donors (Lipinski definition) is 1. The van der Waals surface area contributed by atoms with Gasteiger partial charge in [0.2, 0.25) is 6.54 Å². The molecule has 110 valence electrons. The van der Waals surface area contributed by atoms with Gasteiger partial charge in [-0.25, -0.2) is 4.39 Å². The van der Waals surface area contributed by atoms with Gasteiger partial charge >= 0.3 is 0 Å². The summed E-state index contributed by atoms with van der Waals surface area (Å²) in [4.78, 5) is 13.9. The molecule has 0 atom stereocenters. The smallest absolute Gasteiger partial charge is 0.290 e. The predicted molar refractivity (Wildman–Crippen MR) is 81.0 cm³/mol. The molecule has 0 radical (unpaired) electrons. The first kappa shape index (κ1) is 15.3. The van der Waals surface area contributed by atoms with Crippen molar-refractivity contribution >= 4 is 28.9 Å². The summed E-state index contributed by atoms with van der Waals surface area (Å²) in [5.41, 5.74) is 1.16. The molecule has 0 fully saturated rings. The lowest BCUT2D eigenvalue weighted by atomic mass is 10.3. The number of pyridine rings is 1. The van der Waals surface area contributed by atoms with E-state index < -0.39 is 5.82 Å². The maximum atomic E-state index is 13.6. The van der Waals surface area contributed by atoms with E-state index in [-0.39, 0.29) is 18.1 Å². The molecule has 0 aliphatic rings. The van der Waals surface area contributed by atoms with Gasteiger partial charge in [0, 0.05) is 36.9 Å². The molecule has 0 aliphatic heterocycles. The van der Waals surface area contributed by atoms with Gasteiger partial charge in [-0.2, -0.15) is 4.57 Å². The van der Waals surface area contributed by atoms with Crippen molar-refractivity contribution < 1.29 is 13.8 Å². The van der Waals surface area contributed by atoms with Crippen molar-refractivity contribution in [1.29, 1.82) is 0 Å². The van der Waals surface area contributed by atoms with Gasteiger partial charge in [-0.3, -0.25) is 4.79 Å². The standard InChI is InChI=1S/C15H15ClFN3O/c1-19(2)12-5-7-20(8-6-12)10-15(21)18-14-4-3-11(16)9-13(14)17/h3-9H,10H2,1-2H3/p+1. The normalized spacial score (nSPS) is 10.3. The highest BCUT2D eigenvalue weighted by Gasteiger charge is 2.12. The number of carbonyl (C=O) groups is 1. The molecule has 0 aliphatic carbocycles. The molecule has 0 bridgehead atoms. The van der Waals surface area contributed by atoms with Crippen LogP contribution in [0.5, 0.6) is 0 Å². The van der Waals surface area contributed by atoms with Crippen molar-refractivity contribution in [1.82, 2.24) is 0 Å². The molecule has 1 amide bonds. The van der Waals surface area contributed by atoms with Crippen LogP contribution in [0.3, 0.4) is 0 Å². The molecule has 0 saturated carbocycles. The highest BCUT2D eigenvalue weighted by Crippen LogP contribution is 2.18.